The molecule has 0 saturated heterocycles. The molecule has 0 unspecified atom stereocenters. The topological polar surface area (TPSA) is 50.7 Å². The quantitative estimate of drug-likeness (QED) is 0.500. The third-order valence-corrected chi connectivity index (χ3v) is 1.85. The minimum atomic E-state index is -0.787. The van der Waals surface area contributed by atoms with E-state index in [4.69, 9.17) is 0 Å². The van der Waals surface area contributed by atoms with Crippen LogP contribution in [0.5, 0.6) is 0 Å². The highest BCUT2D eigenvalue weighted by atomic mass is 19.1. The van der Waals surface area contributed by atoms with Gasteiger partial charge in [0.05, 0.1) is 12.3 Å². The van der Waals surface area contributed by atoms with Crippen molar-refractivity contribution >= 4 is 17.4 Å². The minimum Gasteiger partial charge on any atom is -0.461 e. The number of carbonyl (C=O) groups is 1. The second kappa shape index (κ2) is 5.93. The third kappa shape index (κ3) is 3.82. The first kappa shape index (κ1) is 13.1. The predicted octanol–water partition coefficient (Wildman–Crippen LogP) is 2.32. The SMILES string of the molecule is CCOC(=O)/C(C)=N/Nc1ccc(F)cc1F. The van der Waals surface area contributed by atoms with Crippen LogP contribution in [-0.2, 0) is 9.53 Å². The summed E-state index contributed by atoms with van der Waals surface area (Å²) >= 11 is 0. The number of rotatable bonds is 4. The highest BCUT2D eigenvalue weighted by molar-refractivity contribution is 6.35. The maximum atomic E-state index is 13.2. The van der Waals surface area contributed by atoms with E-state index in [1.165, 1.54) is 13.0 Å². The summed E-state index contributed by atoms with van der Waals surface area (Å²) in [5.74, 6) is -2.06. The fourth-order valence-electron chi connectivity index (χ4n) is 1.01. The Morgan fingerprint density at radius 2 is 2.18 bits per heavy atom. The van der Waals surface area contributed by atoms with Crippen molar-refractivity contribution in [1.82, 2.24) is 0 Å². The summed E-state index contributed by atoms with van der Waals surface area (Å²) in [6.07, 6.45) is 0. The monoisotopic (exact) mass is 242 g/mol. The van der Waals surface area contributed by atoms with E-state index in [1.54, 1.807) is 6.92 Å². The molecule has 6 heteroatoms. The standard InChI is InChI=1S/C11H12F2N2O2/c1-3-17-11(16)7(2)14-15-10-5-4-8(12)6-9(10)13/h4-6,15H,3H2,1-2H3/b14-7+. The molecule has 0 aliphatic rings. The maximum Gasteiger partial charge on any atom is 0.354 e. The Morgan fingerprint density at radius 1 is 1.47 bits per heavy atom. The van der Waals surface area contributed by atoms with Gasteiger partial charge in [0.2, 0.25) is 0 Å². The zero-order chi connectivity index (χ0) is 12.8. The van der Waals surface area contributed by atoms with Crippen molar-refractivity contribution in [1.29, 1.82) is 0 Å². The molecule has 0 radical (unpaired) electrons. The normalized spacial score (nSPS) is 11.2. The van der Waals surface area contributed by atoms with Crippen molar-refractivity contribution in [3.63, 3.8) is 0 Å². The Labute approximate surface area is 97.3 Å². The van der Waals surface area contributed by atoms with E-state index in [9.17, 15) is 13.6 Å². The summed E-state index contributed by atoms with van der Waals surface area (Å²) in [6, 6.07) is 2.99. The van der Waals surface area contributed by atoms with E-state index in [-0.39, 0.29) is 18.0 Å². The summed E-state index contributed by atoms with van der Waals surface area (Å²) in [5.41, 5.74) is 2.36. The van der Waals surface area contributed by atoms with Gasteiger partial charge in [0, 0.05) is 6.07 Å². The van der Waals surface area contributed by atoms with E-state index >= 15 is 0 Å². The van der Waals surface area contributed by atoms with Gasteiger partial charge in [-0.15, -0.1) is 0 Å². The van der Waals surface area contributed by atoms with E-state index in [0.717, 1.165) is 12.1 Å². The van der Waals surface area contributed by atoms with Crippen LogP contribution >= 0.6 is 0 Å². The van der Waals surface area contributed by atoms with Crippen molar-refractivity contribution in [2.75, 3.05) is 12.0 Å². The van der Waals surface area contributed by atoms with Crippen molar-refractivity contribution < 1.29 is 18.3 Å². The first-order chi connectivity index (χ1) is 8.04. The molecule has 0 aliphatic heterocycles. The number of benzene rings is 1. The lowest BCUT2D eigenvalue weighted by Crippen LogP contribution is -2.15. The number of carbonyl (C=O) groups excluding carboxylic acids is 1. The van der Waals surface area contributed by atoms with Gasteiger partial charge in [-0.3, -0.25) is 5.43 Å². The van der Waals surface area contributed by atoms with Crippen LogP contribution in [0.3, 0.4) is 0 Å². The third-order valence-electron chi connectivity index (χ3n) is 1.85. The fraction of sp³-hybridized carbons (Fsp3) is 0.273. The molecule has 1 aromatic carbocycles. The second-order valence-electron chi connectivity index (χ2n) is 3.15. The van der Waals surface area contributed by atoms with Crippen LogP contribution in [0, 0.1) is 11.6 Å². The first-order valence-electron chi connectivity index (χ1n) is 4.97. The van der Waals surface area contributed by atoms with Gasteiger partial charge >= 0.3 is 5.97 Å². The molecule has 1 rings (SSSR count). The van der Waals surface area contributed by atoms with E-state index in [1.807, 2.05) is 0 Å². The molecular weight excluding hydrogens is 230 g/mol. The zero-order valence-corrected chi connectivity index (χ0v) is 9.46. The molecule has 0 spiro atoms. The molecule has 17 heavy (non-hydrogen) atoms. The zero-order valence-electron chi connectivity index (χ0n) is 9.46. The van der Waals surface area contributed by atoms with Gasteiger partial charge in [-0.05, 0) is 26.0 Å². The molecule has 0 saturated carbocycles. The molecule has 0 heterocycles. The molecule has 0 aromatic heterocycles. The Kier molecular flexibility index (Phi) is 4.56. The van der Waals surface area contributed by atoms with Gasteiger partial charge in [-0.25, -0.2) is 13.6 Å². The van der Waals surface area contributed by atoms with Crippen molar-refractivity contribution in [3.8, 4) is 0 Å². The van der Waals surface area contributed by atoms with Gasteiger partial charge in [-0.2, -0.15) is 5.10 Å². The lowest BCUT2D eigenvalue weighted by Gasteiger charge is -2.04. The van der Waals surface area contributed by atoms with Crippen molar-refractivity contribution in [3.05, 3.63) is 29.8 Å². The molecule has 1 N–H and O–H groups in total. The van der Waals surface area contributed by atoms with E-state index < -0.39 is 17.6 Å². The number of nitrogens with zero attached hydrogens (tertiary/aromatic N) is 1. The number of anilines is 1. The van der Waals surface area contributed by atoms with Gasteiger partial charge in [-0.1, -0.05) is 0 Å². The van der Waals surface area contributed by atoms with E-state index in [2.05, 4.69) is 15.3 Å². The summed E-state index contributed by atoms with van der Waals surface area (Å²) < 4.78 is 30.4. The molecule has 0 amide bonds. The number of hydrazone groups is 1. The number of ether oxygens (including phenoxy) is 1. The van der Waals surface area contributed by atoms with Gasteiger partial charge in [0.15, 0.2) is 5.82 Å². The minimum absolute atomic E-state index is 0.0185. The van der Waals surface area contributed by atoms with Crippen LogP contribution in [0.1, 0.15) is 13.8 Å². The molecule has 92 valence electrons. The molecule has 0 fully saturated rings. The number of esters is 1. The molecule has 1 aromatic rings. The van der Waals surface area contributed by atoms with Crippen LogP contribution < -0.4 is 5.43 Å². The largest absolute Gasteiger partial charge is 0.461 e. The van der Waals surface area contributed by atoms with Crippen LogP contribution in [0.25, 0.3) is 0 Å². The smallest absolute Gasteiger partial charge is 0.354 e. The first-order valence-corrected chi connectivity index (χ1v) is 4.97. The predicted molar refractivity (Wildman–Crippen MR) is 59.7 cm³/mol. The van der Waals surface area contributed by atoms with Crippen LogP contribution in [0.15, 0.2) is 23.3 Å². The molecule has 0 aliphatic carbocycles. The molecule has 0 atom stereocenters. The number of halogens is 2. The highest BCUT2D eigenvalue weighted by Crippen LogP contribution is 2.14. The summed E-state index contributed by atoms with van der Waals surface area (Å²) in [6.45, 7) is 3.32. The summed E-state index contributed by atoms with van der Waals surface area (Å²) in [4.78, 5) is 11.2. The second-order valence-corrected chi connectivity index (χ2v) is 3.15. The summed E-state index contributed by atoms with van der Waals surface area (Å²) in [5, 5.41) is 3.63. The molecule has 4 nitrogen and oxygen atoms in total. The van der Waals surface area contributed by atoms with Gasteiger partial charge in [0.25, 0.3) is 0 Å². The fourth-order valence-corrected chi connectivity index (χ4v) is 1.01. The van der Waals surface area contributed by atoms with Crippen LogP contribution in [0.4, 0.5) is 14.5 Å². The van der Waals surface area contributed by atoms with E-state index in [0.29, 0.717) is 0 Å². The van der Waals surface area contributed by atoms with Crippen molar-refractivity contribution in [2.24, 2.45) is 5.10 Å². The Morgan fingerprint density at radius 3 is 2.76 bits per heavy atom. The Balaban J connectivity index is 2.72. The van der Waals surface area contributed by atoms with Gasteiger partial charge < -0.3 is 4.74 Å². The van der Waals surface area contributed by atoms with Crippen LogP contribution in [-0.4, -0.2) is 18.3 Å². The van der Waals surface area contributed by atoms with Gasteiger partial charge in [0.1, 0.15) is 11.5 Å². The summed E-state index contributed by atoms with van der Waals surface area (Å²) in [7, 11) is 0. The van der Waals surface area contributed by atoms with Crippen LogP contribution in [0.2, 0.25) is 0 Å². The highest BCUT2D eigenvalue weighted by Gasteiger charge is 2.07. The average molecular weight is 242 g/mol. The number of nitrogens with one attached hydrogen (secondary N) is 1. The molecule has 0 bridgehead atoms. The maximum absolute atomic E-state index is 13.2. The number of hydrogen-bond donors (Lipinski definition) is 1. The average Bonchev–Trinajstić information content (AvgIpc) is 2.27. The lowest BCUT2D eigenvalue weighted by atomic mass is 10.3. The van der Waals surface area contributed by atoms with Crippen molar-refractivity contribution in [2.45, 2.75) is 13.8 Å². The Bertz CT molecular complexity index is 447. The molecular formula is C11H12F2N2O2. The Hall–Kier alpha value is -1.98. The number of hydrogen-bond acceptors (Lipinski definition) is 4. The lowest BCUT2D eigenvalue weighted by molar-refractivity contribution is -0.135.